The van der Waals surface area contributed by atoms with E-state index in [0.717, 1.165) is 29.6 Å². The second-order valence-corrected chi connectivity index (χ2v) is 6.58. The molecular weight excluding hydrogens is 372 g/mol. The van der Waals surface area contributed by atoms with E-state index in [0.29, 0.717) is 23.9 Å². The highest BCUT2D eigenvalue weighted by Gasteiger charge is 2.17. The first-order valence-electron chi connectivity index (χ1n) is 7.88. The van der Waals surface area contributed by atoms with Gasteiger partial charge in [-0.15, -0.1) is 0 Å². The molecule has 2 heterocycles. The molecule has 1 unspecified atom stereocenters. The maximum absolute atomic E-state index is 12.3. The Bertz CT molecular complexity index is 732. The van der Waals surface area contributed by atoms with Crippen molar-refractivity contribution in [2.75, 3.05) is 18.5 Å². The van der Waals surface area contributed by atoms with Crippen molar-refractivity contribution in [3.8, 4) is 0 Å². The fourth-order valence-corrected chi connectivity index (χ4v) is 2.96. The number of carbonyl (C=O) groups is 1. The summed E-state index contributed by atoms with van der Waals surface area (Å²) >= 11 is 3.43. The number of nitrogens with one attached hydrogen (secondary N) is 2. The molecule has 1 atom stereocenters. The fourth-order valence-electron chi connectivity index (χ4n) is 2.56. The maximum Gasteiger partial charge on any atom is 0.270 e. The predicted octanol–water partition coefficient (Wildman–Crippen LogP) is 3.20. The van der Waals surface area contributed by atoms with E-state index in [9.17, 15) is 4.79 Å². The van der Waals surface area contributed by atoms with Crippen LogP contribution in [-0.4, -0.2) is 35.1 Å². The summed E-state index contributed by atoms with van der Waals surface area (Å²) in [5.41, 5.74) is 1.23. The third kappa shape index (κ3) is 4.52. The first-order chi connectivity index (χ1) is 11.6. The van der Waals surface area contributed by atoms with Gasteiger partial charge in [-0.3, -0.25) is 4.79 Å². The van der Waals surface area contributed by atoms with Crippen LogP contribution in [0.5, 0.6) is 0 Å². The van der Waals surface area contributed by atoms with Crippen molar-refractivity contribution < 1.29 is 9.53 Å². The molecule has 24 heavy (non-hydrogen) atoms. The number of carbonyl (C=O) groups excluding carboxylic acids is 1. The SMILES string of the molecule is Cc1nc(Nc2cccc(Br)c2)cc(C(=O)NCC2CCCO2)n1. The van der Waals surface area contributed by atoms with E-state index in [1.54, 1.807) is 13.0 Å². The monoisotopic (exact) mass is 390 g/mol. The number of aryl methyl sites for hydroxylation is 1. The molecule has 3 rings (SSSR count). The van der Waals surface area contributed by atoms with Gasteiger partial charge in [0.2, 0.25) is 0 Å². The van der Waals surface area contributed by atoms with E-state index in [1.165, 1.54) is 0 Å². The molecule has 0 radical (unpaired) electrons. The van der Waals surface area contributed by atoms with Gasteiger partial charge >= 0.3 is 0 Å². The molecule has 1 saturated heterocycles. The molecule has 2 aromatic rings. The number of hydrogen-bond donors (Lipinski definition) is 2. The highest BCUT2D eigenvalue weighted by Crippen LogP contribution is 2.20. The molecule has 1 fully saturated rings. The molecule has 1 aliphatic heterocycles. The zero-order valence-electron chi connectivity index (χ0n) is 13.4. The van der Waals surface area contributed by atoms with E-state index >= 15 is 0 Å². The van der Waals surface area contributed by atoms with Gasteiger partial charge in [-0.25, -0.2) is 9.97 Å². The maximum atomic E-state index is 12.3. The van der Waals surface area contributed by atoms with Crippen LogP contribution in [0.15, 0.2) is 34.8 Å². The molecule has 1 aliphatic rings. The summed E-state index contributed by atoms with van der Waals surface area (Å²) in [6, 6.07) is 9.39. The molecule has 1 aromatic heterocycles. The highest BCUT2D eigenvalue weighted by molar-refractivity contribution is 9.10. The van der Waals surface area contributed by atoms with Gasteiger partial charge in [0.15, 0.2) is 0 Å². The minimum atomic E-state index is -0.215. The lowest BCUT2D eigenvalue weighted by Gasteiger charge is -2.12. The van der Waals surface area contributed by atoms with E-state index in [-0.39, 0.29) is 12.0 Å². The number of nitrogens with zero attached hydrogens (tertiary/aromatic N) is 2. The van der Waals surface area contributed by atoms with Gasteiger partial charge in [0.1, 0.15) is 17.3 Å². The number of ether oxygens (including phenoxy) is 1. The minimum absolute atomic E-state index is 0.108. The number of amides is 1. The van der Waals surface area contributed by atoms with Crippen LogP contribution in [0, 0.1) is 6.92 Å². The lowest BCUT2D eigenvalue weighted by Crippen LogP contribution is -2.32. The van der Waals surface area contributed by atoms with Crippen LogP contribution in [0.1, 0.15) is 29.2 Å². The van der Waals surface area contributed by atoms with Gasteiger partial charge in [-0.05, 0) is 38.0 Å². The summed E-state index contributed by atoms with van der Waals surface area (Å²) in [4.78, 5) is 20.9. The Kier molecular flexibility index (Phi) is 5.42. The second-order valence-electron chi connectivity index (χ2n) is 5.67. The van der Waals surface area contributed by atoms with Crippen molar-refractivity contribution in [2.24, 2.45) is 0 Å². The van der Waals surface area contributed by atoms with Gasteiger partial charge in [0.05, 0.1) is 6.10 Å². The summed E-state index contributed by atoms with van der Waals surface area (Å²) < 4.78 is 6.48. The Labute approximate surface area is 149 Å². The van der Waals surface area contributed by atoms with E-state index < -0.39 is 0 Å². The standard InChI is InChI=1S/C17H19BrN4O2/c1-11-20-15(17(23)19-10-14-6-3-7-24-14)9-16(21-11)22-13-5-2-4-12(18)8-13/h2,4-5,8-9,14H,3,6-7,10H2,1H3,(H,19,23)(H,20,21,22). The molecule has 7 heteroatoms. The smallest absolute Gasteiger partial charge is 0.270 e. The average Bonchev–Trinajstić information content (AvgIpc) is 3.05. The highest BCUT2D eigenvalue weighted by atomic mass is 79.9. The van der Waals surface area contributed by atoms with Crippen molar-refractivity contribution in [2.45, 2.75) is 25.9 Å². The van der Waals surface area contributed by atoms with Gasteiger partial charge in [-0.2, -0.15) is 0 Å². The van der Waals surface area contributed by atoms with Crippen molar-refractivity contribution in [3.63, 3.8) is 0 Å². The van der Waals surface area contributed by atoms with Crippen LogP contribution >= 0.6 is 15.9 Å². The van der Waals surface area contributed by atoms with Gasteiger partial charge in [-0.1, -0.05) is 22.0 Å². The number of halogens is 1. The van der Waals surface area contributed by atoms with Crippen LogP contribution < -0.4 is 10.6 Å². The Hall–Kier alpha value is -1.99. The van der Waals surface area contributed by atoms with Gasteiger partial charge in [0.25, 0.3) is 5.91 Å². The summed E-state index contributed by atoms with van der Waals surface area (Å²) in [5, 5.41) is 6.07. The molecule has 2 N–H and O–H groups in total. The molecule has 0 spiro atoms. The largest absolute Gasteiger partial charge is 0.376 e. The first-order valence-corrected chi connectivity index (χ1v) is 8.67. The van der Waals surface area contributed by atoms with Crippen LogP contribution in [0.25, 0.3) is 0 Å². The topological polar surface area (TPSA) is 76.1 Å². The quantitative estimate of drug-likeness (QED) is 0.819. The van der Waals surface area contributed by atoms with Crippen LogP contribution in [0.4, 0.5) is 11.5 Å². The first kappa shape index (κ1) is 16.9. The molecule has 126 valence electrons. The number of hydrogen-bond acceptors (Lipinski definition) is 5. The van der Waals surface area contributed by atoms with Crippen molar-refractivity contribution in [1.29, 1.82) is 0 Å². The number of anilines is 2. The van der Waals surface area contributed by atoms with Crippen LogP contribution in [-0.2, 0) is 4.74 Å². The van der Waals surface area contributed by atoms with E-state index in [2.05, 4.69) is 36.5 Å². The Morgan fingerprint density at radius 1 is 1.38 bits per heavy atom. The molecule has 0 aliphatic carbocycles. The minimum Gasteiger partial charge on any atom is -0.376 e. The third-order valence-electron chi connectivity index (χ3n) is 3.68. The number of aromatic nitrogens is 2. The average molecular weight is 391 g/mol. The Morgan fingerprint density at radius 3 is 3.00 bits per heavy atom. The lowest BCUT2D eigenvalue weighted by molar-refractivity contribution is 0.0853. The second kappa shape index (κ2) is 7.72. The third-order valence-corrected chi connectivity index (χ3v) is 4.18. The molecule has 1 aromatic carbocycles. The predicted molar refractivity (Wildman–Crippen MR) is 95.5 cm³/mol. The zero-order chi connectivity index (χ0) is 16.9. The van der Waals surface area contributed by atoms with Gasteiger partial charge in [0, 0.05) is 29.4 Å². The van der Waals surface area contributed by atoms with E-state index in [1.807, 2.05) is 24.3 Å². The van der Waals surface area contributed by atoms with Gasteiger partial charge < -0.3 is 15.4 Å². The zero-order valence-corrected chi connectivity index (χ0v) is 15.0. The number of benzene rings is 1. The summed E-state index contributed by atoms with van der Waals surface area (Å²) in [5.74, 6) is 0.911. The van der Waals surface area contributed by atoms with Crippen molar-refractivity contribution in [3.05, 3.63) is 46.3 Å². The normalized spacial score (nSPS) is 16.8. The molecule has 1 amide bonds. The molecule has 6 nitrogen and oxygen atoms in total. The molecular formula is C17H19BrN4O2. The van der Waals surface area contributed by atoms with E-state index in [4.69, 9.17) is 4.74 Å². The fraction of sp³-hybridized carbons (Fsp3) is 0.353. The summed E-state index contributed by atoms with van der Waals surface area (Å²) in [7, 11) is 0. The summed E-state index contributed by atoms with van der Waals surface area (Å²) in [6.07, 6.45) is 2.14. The molecule has 0 saturated carbocycles. The summed E-state index contributed by atoms with van der Waals surface area (Å²) in [6.45, 7) is 3.05. The van der Waals surface area contributed by atoms with Crippen LogP contribution in [0.3, 0.4) is 0 Å². The Morgan fingerprint density at radius 2 is 2.25 bits per heavy atom. The van der Waals surface area contributed by atoms with Crippen molar-refractivity contribution in [1.82, 2.24) is 15.3 Å². The molecule has 0 bridgehead atoms. The number of rotatable bonds is 5. The van der Waals surface area contributed by atoms with Crippen LogP contribution in [0.2, 0.25) is 0 Å². The Balaban J connectivity index is 1.69. The lowest BCUT2D eigenvalue weighted by atomic mass is 10.2. The van der Waals surface area contributed by atoms with Crippen molar-refractivity contribution >= 4 is 33.3 Å².